The van der Waals surface area contributed by atoms with Crippen LogP contribution in [-0.2, 0) is 0 Å². The van der Waals surface area contributed by atoms with E-state index in [9.17, 15) is 18.0 Å². The molecule has 1 aromatic heterocycles. The SMILES string of the molecule is Cc1cc(C)n(C(=O)C(F)(F)F)n1. The molecule has 1 heterocycles. The van der Waals surface area contributed by atoms with Crippen molar-refractivity contribution in [3.63, 3.8) is 0 Å². The largest absolute Gasteiger partial charge is 0.473 e. The first-order chi connectivity index (χ1) is 5.82. The lowest BCUT2D eigenvalue weighted by Gasteiger charge is -2.05. The quantitative estimate of drug-likeness (QED) is 0.627. The summed E-state index contributed by atoms with van der Waals surface area (Å²) >= 11 is 0. The number of aromatic nitrogens is 2. The Kier molecular flexibility index (Phi) is 2.15. The zero-order valence-corrected chi connectivity index (χ0v) is 7.01. The van der Waals surface area contributed by atoms with Crippen LogP contribution in [0.15, 0.2) is 6.07 Å². The number of carbonyl (C=O) groups is 1. The summed E-state index contributed by atoms with van der Waals surface area (Å²) in [5.74, 6) is -1.96. The van der Waals surface area contributed by atoms with Crippen LogP contribution in [0.2, 0.25) is 0 Å². The molecule has 0 bridgehead atoms. The summed E-state index contributed by atoms with van der Waals surface area (Å²) in [7, 11) is 0. The molecule has 1 aromatic rings. The van der Waals surface area contributed by atoms with E-state index in [1.807, 2.05) is 0 Å². The van der Waals surface area contributed by atoms with Gasteiger partial charge >= 0.3 is 12.1 Å². The van der Waals surface area contributed by atoms with Crippen molar-refractivity contribution in [2.45, 2.75) is 20.0 Å². The lowest BCUT2D eigenvalue weighted by molar-refractivity contribution is -0.0957. The fraction of sp³-hybridized carbons (Fsp3) is 0.429. The highest BCUT2D eigenvalue weighted by molar-refractivity contribution is 5.84. The topological polar surface area (TPSA) is 34.9 Å². The van der Waals surface area contributed by atoms with Crippen molar-refractivity contribution in [1.29, 1.82) is 0 Å². The second kappa shape index (κ2) is 2.86. The van der Waals surface area contributed by atoms with E-state index < -0.39 is 12.1 Å². The van der Waals surface area contributed by atoms with Gasteiger partial charge in [-0.1, -0.05) is 0 Å². The Morgan fingerprint density at radius 2 is 2.00 bits per heavy atom. The molecule has 0 radical (unpaired) electrons. The average molecular weight is 192 g/mol. The molecule has 0 aromatic carbocycles. The molecule has 0 spiro atoms. The molecule has 3 nitrogen and oxygen atoms in total. The number of hydrogen-bond donors (Lipinski definition) is 0. The summed E-state index contributed by atoms with van der Waals surface area (Å²) in [4.78, 5) is 10.7. The standard InChI is InChI=1S/C7H7F3N2O/c1-4-3-5(2)12(11-4)6(13)7(8,9)10/h3H,1-2H3. The molecule has 0 aliphatic heterocycles. The summed E-state index contributed by atoms with van der Waals surface area (Å²) in [6, 6.07) is 1.41. The lowest BCUT2D eigenvalue weighted by atomic mass is 10.4. The first-order valence-electron chi connectivity index (χ1n) is 3.47. The van der Waals surface area contributed by atoms with Crippen LogP contribution in [0.5, 0.6) is 0 Å². The van der Waals surface area contributed by atoms with Crippen molar-refractivity contribution in [1.82, 2.24) is 9.78 Å². The van der Waals surface area contributed by atoms with Crippen LogP contribution >= 0.6 is 0 Å². The third-order valence-corrected chi connectivity index (χ3v) is 1.44. The van der Waals surface area contributed by atoms with E-state index in [2.05, 4.69) is 5.10 Å². The molecule has 6 heteroatoms. The number of carbonyl (C=O) groups excluding carboxylic acids is 1. The summed E-state index contributed by atoms with van der Waals surface area (Å²) in [6.07, 6.45) is -4.87. The average Bonchev–Trinajstić information content (AvgIpc) is 2.26. The zero-order chi connectivity index (χ0) is 10.2. The van der Waals surface area contributed by atoms with E-state index >= 15 is 0 Å². The Bertz CT molecular complexity index is 340. The third kappa shape index (κ3) is 1.88. The molecule has 0 aliphatic rings. The molecule has 0 saturated carbocycles. The van der Waals surface area contributed by atoms with Crippen molar-refractivity contribution < 1.29 is 18.0 Å². The maximum absolute atomic E-state index is 11.9. The molecule has 0 amide bonds. The van der Waals surface area contributed by atoms with Gasteiger partial charge in [0.1, 0.15) is 0 Å². The second-order valence-corrected chi connectivity index (χ2v) is 2.64. The van der Waals surface area contributed by atoms with E-state index in [1.165, 1.54) is 19.9 Å². The highest BCUT2D eigenvalue weighted by Crippen LogP contribution is 2.18. The summed E-state index contributed by atoms with van der Waals surface area (Å²) in [5.41, 5.74) is 0.565. The van der Waals surface area contributed by atoms with Crippen molar-refractivity contribution >= 4 is 5.91 Å². The molecule has 72 valence electrons. The first-order valence-corrected chi connectivity index (χ1v) is 3.47. The molecule has 0 saturated heterocycles. The number of nitrogens with zero attached hydrogens (tertiary/aromatic N) is 2. The molecular weight excluding hydrogens is 185 g/mol. The fourth-order valence-electron chi connectivity index (χ4n) is 0.955. The Morgan fingerprint density at radius 3 is 2.31 bits per heavy atom. The first kappa shape index (κ1) is 9.76. The second-order valence-electron chi connectivity index (χ2n) is 2.64. The minimum atomic E-state index is -4.87. The van der Waals surface area contributed by atoms with Crippen LogP contribution in [-0.4, -0.2) is 21.9 Å². The van der Waals surface area contributed by atoms with Gasteiger partial charge in [-0.15, -0.1) is 0 Å². The molecule has 1 rings (SSSR count). The van der Waals surface area contributed by atoms with Gasteiger partial charge in [-0.3, -0.25) is 4.79 Å². The maximum Gasteiger partial charge on any atom is 0.473 e. The van der Waals surface area contributed by atoms with E-state index in [0.29, 0.717) is 10.4 Å². The summed E-state index contributed by atoms with van der Waals surface area (Å²) in [6.45, 7) is 2.91. The minimum Gasteiger partial charge on any atom is -0.262 e. The van der Waals surface area contributed by atoms with E-state index in [4.69, 9.17) is 0 Å². The normalized spacial score (nSPS) is 11.8. The molecule has 0 fully saturated rings. The van der Waals surface area contributed by atoms with Gasteiger partial charge in [0.25, 0.3) is 0 Å². The minimum absolute atomic E-state index is 0.180. The van der Waals surface area contributed by atoms with E-state index in [0.717, 1.165) is 0 Å². The van der Waals surface area contributed by atoms with Crippen LogP contribution in [0.3, 0.4) is 0 Å². The summed E-state index contributed by atoms with van der Waals surface area (Å²) < 4.78 is 36.1. The number of aryl methyl sites for hydroxylation is 2. The molecule has 0 N–H and O–H groups in total. The van der Waals surface area contributed by atoms with Gasteiger partial charge in [0.15, 0.2) is 0 Å². The Balaban J connectivity index is 3.09. The molecule has 0 atom stereocenters. The Labute approximate surface area is 72.2 Å². The number of halogens is 3. The van der Waals surface area contributed by atoms with Gasteiger partial charge in [0, 0.05) is 5.69 Å². The molecule has 13 heavy (non-hydrogen) atoms. The molecule has 0 unspecified atom stereocenters. The van der Waals surface area contributed by atoms with Gasteiger partial charge in [0.05, 0.1) is 5.69 Å². The predicted molar refractivity (Wildman–Crippen MR) is 38.4 cm³/mol. The van der Waals surface area contributed by atoms with Gasteiger partial charge in [0.2, 0.25) is 0 Å². The summed E-state index contributed by atoms with van der Waals surface area (Å²) in [5, 5.41) is 3.42. The van der Waals surface area contributed by atoms with Crippen LogP contribution in [0.25, 0.3) is 0 Å². The van der Waals surface area contributed by atoms with E-state index in [-0.39, 0.29) is 5.69 Å². The predicted octanol–water partition coefficient (Wildman–Crippen LogP) is 1.70. The van der Waals surface area contributed by atoms with Crippen LogP contribution in [0.1, 0.15) is 16.2 Å². The maximum atomic E-state index is 11.9. The van der Waals surface area contributed by atoms with Crippen molar-refractivity contribution in [2.75, 3.05) is 0 Å². The zero-order valence-electron chi connectivity index (χ0n) is 7.01. The highest BCUT2D eigenvalue weighted by Gasteiger charge is 2.41. The number of hydrogen-bond acceptors (Lipinski definition) is 2. The monoisotopic (exact) mass is 192 g/mol. The highest BCUT2D eigenvalue weighted by atomic mass is 19.4. The third-order valence-electron chi connectivity index (χ3n) is 1.44. The van der Waals surface area contributed by atoms with Crippen molar-refractivity contribution in [3.05, 3.63) is 17.5 Å². The van der Waals surface area contributed by atoms with Crippen LogP contribution in [0, 0.1) is 13.8 Å². The number of alkyl halides is 3. The van der Waals surface area contributed by atoms with Gasteiger partial charge in [-0.2, -0.15) is 23.0 Å². The fourth-order valence-corrected chi connectivity index (χ4v) is 0.955. The van der Waals surface area contributed by atoms with Crippen molar-refractivity contribution in [3.8, 4) is 0 Å². The molecule has 0 aliphatic carbocycles. The lowest BCUT2D eigenvalue weighted by Crippen LogP contribution is -2.30. The van der Waals surface area contributed by atoms with Crippen LogP contribution in [0.4, 0.5) is 13.2 Å². The molecular formula is C7H7F3N2O. The van der Waals surface area contributed by atoms with Crippen LogP contribution < -0.4 is 0 Å². The van der Waals surface area contributed by atoms with Gasteiger partial charge in [-0.05, 0) is 19.9 Å². The van der Waals surface area contributed by atoms with Crippen molar-refractivity contribution in [2.24, 2.45) is 0 Å². The Hall–Kier alpha value is -1.33. The number of rotatable bonds is 0. The smallest absolute Gasteiger partial charge is 0.262 e. The Morgan fingerprint density at radius 1 is 1.46 bits per heavy atom. The van der Waals surface area contributed by atoms with E-state index in [1.54, 1.807) is 0 Å². The van der Waals surface area contributed by atoms with Gasteiger partial charge < -0.3 is 0 Å². The van der Waals surface area contributed by atoms with Gasteiger partial charge in [-0.25, -0.2) is 0 Å².